The van der Waals surface area contributed by atoms with Crippen LogP contribution in [-0.2, 0) is 6.54 Å². The largest absolute Gasteiger partial charge is 0.496 e. The quantitative estimate of drug-likeness (QED) is 0.807. The summed E-state index contributed by atoms with van der Waals surface area (Å²) >= 11 is 0. The first-order valence-corrected chi connectivity index (χ1v) is 6.62. The Balaban J connectivity index is 1.93. The molecule has 0 radical (unpaired) electrons. The average Bonchev–Trinajstić information content (AvgIpc) is 2.84. The third kappa shape index (κ3) is 3.89. The monoisotopic (exact) mass is 268 g/mol. The molecule has 19 heavy (non-hydrogen) atoms. The van der Waals surface area contributed by atoms with Crippen LogP contribution in [0.25, 0.3) is 0 Å². The Kier molecular flexibility index (Phi) is 5.13. The predicted molar refractivity (Wildman–Crippen MR) is 71.7 cm³/mol. The van der Waals surface area contributed by atoms with Crippen LogP contribution in [0.2, 0.25) is 0 Å². The molecule has 106 valence electrons. The molecule has 0 aromatic heterocycles. The minimum Gasteiger partial charge on any atom is -0.496 e. The molecule has 1 saturated heterocycles. The number of rotatable bonds is 6. The average molecular weight is 268 g/mol. The van der Waals surface area contributed by atoms with Crippen LogP contribution in [0.4, 0.5) is 4.39 Å². The van der Waals surface area contributed by atoms with Crippen LogP contribution in [0.15, 0.2) is 18.2 Å². The Morgan fingerprint density at radius 1 is 1.53 bits per heavy atom. The van der Waals surface area contributed by atoms with E-state index in [0.717, 1.165) is 30.8 Å². The predicted octanol–water partition coefficient (Wildman–Crippen LogP) is 0.990. The normalized spacial score (nSPS) is 19.8. The Hall–Kier alpha value is -1.17. The molecule has 1 aromatic carbocycles. The summed E-state index contributed by atoms with van der Waals surface area (Å²) in [6, 6.07) is 5.03. The molecule has 1 aliphatic heterocycles. The summed E-state index contributed by atoms with van der Waals surface area (Å²) in [4.78, 5) is 2.27. The fourth-order valence-corrected chi connectivity index (χ4v) is 2.52. The highest BCUT2D eigenvalue weighted by Gasteiger charge is 2.22. The molecule has 4 nitrogen and oxygen atoms in total. The van der Waals surface area contributed by atoms with Crippen molar-refractivity contribution < 1.29 is 14.2 Å². The van der Waals surface area contributed by atoms with E-state index < -0.39 is 0 Å². The van der Waals surface area contributed by atoms with Crippen LogP contribution in [-0.4, -0.2) is 49.4 Å². The molecule has 0 spiro atoms. The zero-order valence-electron chi connectivity index (χ0n) is 11.2. The summed E-state index contributed by atoms with van der Waals surface area (Å²) in [5, 5.41) is 12.1. The number of nitrogens with zero attached hydrogens (tertiary/aromatic N) is 1. The van der Waals surface area contributed by atoms with Gasteiger partial charge in [0.2, 0.25) is 0 Å². The summed E-state index contributed by atoms with van der Waals surface area (Å²) in [7, 11) is 1.60. The molecular weight excluding hydrogens is 247 g/mol. The van der Waals surface area contributed by atoms with Gasteiger partial charge in [0, 0.05) is 37.8 Å². The number of benzene rings is 1. The number of hydrogen-bond donors (Lipinski definition) is 2. The van der Waals surface area contributed by atoms with Gasteiger partial charge < -0.3 is 15.2 Å². The lowest BCUT2D eigenvalue weighted by Gasteiger charge is -2.18. The number of nitrogens with one attached hydrogen (secondary N) is 1. The van der Waals surface area contributed by atoms with Crippen LogP contribution in [0.5, 0.6) is 5.75 Å². The van der Waals surface area contributed by atoms with Crippen molar-refractivity contribution in [2.45, 2.75) is 19.0 Å². The lowest BCUT2D eigenvalue weighted by atomic mass is 10.2. The van der Waals surface area contributed by atoms with Gasteiger partial charge >= 0.3 is 0 Å². The molecule has 1 aromatic rings. The second kappa shape index (κ2) is 6.84. The molecule has 1 unspecified atom stereocenters. The lowest BCUT2D eigenvalue weighted by Crippen LogP contribution is -2.34. The van der Waals surface area contributed by atoms with E-state index in [0.29, 0.717) is 19.1 Å². The maximum absolute atomic E-state index is 13.3. The van der Waals surface area contributed by atoms with Crippen molar-refractivity contribution in [3.05, 3.63) is 29.6 Å². The molecule has 2 N–H and O–H groups in total. The molecule has 1 fully saturated rings. The molecule has 1 heterocycles. The Morgan fingerprint density at radius 2 is 2.37 bits per heavy atom. The van der Waals surface area contributed by atoms with Gasteiger partial charge in [-0.3, -0.25) is 4.90 Å². The molecule has 0 bridgehead atoms. The highest BCUT2D eigenvalue weighted by atomic mass is 19.1. The van der Waals surface area contributed by atoms with E-state index in [4.69, 9.17) is 9.84 Å². The topological polar surface area (TPSA) is 44.7 Å². The maximum atomic E-state index is 13.3. The van der Waals surface area contributed by atoms with Crippen molar-refractivity contribution in [3.63, 3.8) is 0 Å². The van der Waals surface area contributed by atoms with Gasteiger partial charge in [0.05, 0.1) is 13.7 Å². The van der Waals surface area contributed by atoms with Crippen molar-refractivity contribution in [1.29, 1.82) is 0 Å². The zero-order valence-corrected chi connectivity index (χ0v) is 11.2. The fourth-order valence-electron chi connectivity index (χ4n) is 2.52. The second-order valence-corrected chi connectivity index (χ2v) is 4.85. The summed E-state index contributed by atoms with van der Waals surface area (Å²) in [6.45, 7) is 3.37. The molecule has 5 heteroatoms. The van der Waals surface area contributed by atoms with Gasteiger partial charge in [-0.25, -0.2) is 4.39 Å². The van der Waals surface area contributed by atoms with Gasteiger partial charge in [-0.1, -0.05) is 0 Å². The minimum absolute atomic E-state index is 0.161. The molecule has 1 atom stereocenters. The van der Waals surface area contributed by atoms with Crippen molar-refractivity contribution in [2.24, 2.45) is 0 Å². The van der Waals surface area contributed by atoms with E-state index in [1.807, 2.05) is 0 Å². The van der Waals surface area contributed by atoms with Crippen LogP contribution in [0.1, 0.15) is 12.0 Å². The third-order valence-electron chi connectivity index (χ3n) is 3.45. The highest BCUT2D eigenvalue weighted by molar-refractivity contribution is 5.33. The summed E-state index contributed by atoms with van der Waals surface area (Å²) < 4.78 is 18.5. The SMILES string of the molecule is COc1ccc(F)cc1CN1CCC(NCCO)C1. The van der Waals surface area contributed by atoms with Gasteiger partial charge in [-0.05, 0) is 24.6 Å². The van der Waals surface area contributed by atoms with E-state index in [-0.39, 0.29) is 12.4 Å². The Bertz CT molecular complexity index is 414. The molecule has 0 amide bonds. The number of hydrogen-bond acceptors (Lipinski definition) is 4. The van der Waals surface area contributed by atoms with Crippen LogP contribution in [0, 0.1) is 5.82 Å². The van der Waals surface area contributed by atoms with Crippen molar-refractivity contribution in [2.75, 3.05) is 33.4 Å². The fraction of sp³-hybridized carbons (Fsp3) is 0.571. The first-order chi connectivity index (χ1) is 9.22. The van der Waals surface area contributed by atoms with Gasteiger partial charge in [0.1, 0.15) is 11.6 Å². The van der Waals surface area contributed by atoms with Gasteiger partial charge in [-0.2, -0.15) is 0 Å². The number of methoxy groups -OCH3 is 1. The first kappa shape index (κ1) is 14.2. The Morgan fingerprint density at radius 3 is 3.11 bits per heavy atom. The number of halogens is 1. The molecule has 2 rings (SSSR count). The number of aliphatic hydroxyl groups excluding tert-OH is 1. The second-order valence-electron chi connectivity index (χ2n) is 4.85. The van der Waals surface area contributed by atoms with Crippen molar-refractivity contribution in [1.82, 2.24) is 10.2 Å². The molecular formula is C14H21FN2O2. The highest BCUT2D eigenvalue weighted by Crippen LogP contribution is 2.23. The standard InChI is InChI=1S/C14H21FN2O2/c1-19-14-3-2-12(15)8-11(14)9-17-6-4-13(10-17)16-5-7-18/h2-3,8,13,16,18H,4-7,9-10H2,1H3. The van der Waals surface area contributed by atoms with Crippen molar-refractivity contribution in [3.8, 4) is 5.75 Å². The number of aliphatic hydroxyl groups is 1. The van der Waals surface area contributed by atoms with Crippen molar-refractivity contribution >= 4 is 0 Å². The number of ether oxygens (including phenoxy) is 1. The van der Waals surface area contributed by atoms with E-state index in [1.165, 1.54) is 12.1 Å². The third-order valence-corrected chi connectivity index (χ3v) is 3.45. The summed E-state index contributed by atoms with van der Waals surface area (Å²) in [5.74, 6) is 0.498. The minimum atomic E-state index is -0.232. The Labute approximate surface area is 113 Å². The number of likely N-dealkylation sites (tertiary alicyclic amines) is 1. The zero-order chi connectivity index (χ0) is 13.7. The maximum Gasteiger partial charge on any atom is 0.123 e. The van der Waals surface area contributed by atoms with Crippen LogP contribution in [0.3, 0.4) is 0 Å². The van der Waals surface area contributed by atoms with Gasteiger partial charge in [0.25, 0.3) is 0 Å². The summed E-state index contributed by atoms with van der Waals surface area (Å²) in [6.07, 6.45) is 1.05. The first-order valence-electron chi connectivity index (χ1n) is 6.62. The molecule has 0 saturated carbocycles. The van der Waals surface area contributed by atoms with E-state index in [1.54, 1.807) is 13.2 Å². The van der Waals surface area contributed by atoms with E-state index in [9.17, 15) is 4.39 Å². The van der Waals surface area contributed by atoms with Crippen LogP contribution < -0.4 is 10.1 Å². The summed E-state index contributed by atoms with van der Waals surface area (Å²) in [5.41, 5.74) is 0.880. The van der Waals surface area contributed by atoms with E-state index >= 15 is 0 Å². The lowest BCUT2D eigenvalue weighted by molar-refractivity contribution is 0.277. The van der Waals surface area contributed by atoms with Gasteiger partial charge in [-0.15, -0.1) is 0 Å². The van der Waals surface area contributed by atoms with Gasteiger partial charge in [0.15, 0.2) is 0 Å². The molecule has 1 aliphatic rings. The van der Waals surface area contributed by atoms with E-state index in [2.05, 4.69) is 10.2 Å². The molecule has 0 aliphatic carbocycles. The van der Waals surface area contributed by atoms with Crippen LogP contribution >= 0.6 is 0 Å². The smallest absolute Gasteiger partial charge is 0.123 e.